The van der Waals surface area contributed by atoms with Crippen molar-refractivity contribution in [3.63, 3.8) is 0 Å². The van der Waals surface area contributed by atoms with Crippen molar-refractivity contribution >= 4 is 16.7 Å². The minimum Gasteiger partial charge on any atom is -0.423 e. The van der Waals surface area contributed by atoms with Gasteiger partial charge in [0.1, 0.15) is 5.75 Å². The molecule has 0 aromatic heterocycles. The summed E-state index contributed by atoms with van der Waals surface area (Å²) in [5.74, 6) is 5.92. The fourth-order valence-corrected chi connectivity index (χ4v) is 4.60. The highest BCUT2D eigenvalue weighted by molar-refractivity contribution is 5.92. The lowest BCUT2D eigenvalue weighted by atomic mass is 9.80. The highest BCUT2D eigenvalue weighted by Crippen LogP contribution is 2.31. The summed E-state index contributed by atoms with van der Waals surface area (Å²) in [6, 6.07) is 14.0. The van der Waals surface area contributed by atoms with Crippen molar-refractivity contribution in [3.05, 3.63) is 77.4 Å². The quantitative estimate of drug-likeness (QED) is 0.161. The van der Waals surface area contributed by atoms with Gasteiger partial charge in [0.2, 0.25) is 0 Å². The number of carbonyl (C=O) groups excluding carboxylic acids is 1. The van der Waals surface area contributed by atoms with Crippen molar-refractivity contribution in [2.75, 3.05) is 0 Å². The van der Waals surface area contributed by atoms with Crippen LogP contribution >= 0.6 is 0 Å². The molecule has 0 aliphatic heterocycles. The Bertz CT molecular complexity index is 1200. The smallest absolute Gasteiger partial charge is 0.343 e. The van der Waals surface area contributed by atoms with Gasteiger partial charge in [0.15, 0.2) is 11.6 Å². The normalized spacial score (nSPS) is 17.7. The molecule has 0 heterocycles. The summed E-state index contributed by atoms with van der Waals surface area (Å²) in [5.41, 5.74) is 1.29. The van der Waals surface area contributed by atoms with E-state index in [1.54, 1.807) is 24.3 Å². The van der Waals surface area contributed by atoms with Crippen LogP contribution < -0.4 is 4.74 Å². The number of fused-ring (bicyclic) bond motifs is 1. The zero-order chi connectivity index (χ0) is 23.9. The summed E-state index contributed by atoms with van der Waals surface area (Å²) in [6.45, 7) is 2.25. The van der Waals surface area contributed by atoms with Crippen LogP contribution in [0.15, 0.2) is 54.6 Å². The maximum atomic E-state index is 13.5. The van der Waals surface area contributed by atoms with E-state index in [0.717, 1.165) is 23.6 Å². The van der Waals surface area contributed by atoms with Gasteiger partial charge in [0.05, 0.1) is 5.56 Å². The number of esters is 1. The monoisotopic (exact) mass is 460 g/mol. The Kier molecular flexibility index (Phi) is 7.95. The number of benzene rings is 3. The molecule has 1 aliphatic rings. The first-order valence-corrected chi connectivity index (χ1v) is 12.2. The molecule has 0 bridgehead atoms. The lowest BCUT2D eigenvalue weighted by Crippen LogP contribution is -2.13. The summed E-state index contributed by atoms with van der Waals surface area (Å²) in [5, 5.41) is 0.997. The van der Waals surface area contributed by atoms with Crippen LogP contribution in [0.3, 0.4) is 0 Å². The molecule has 0 unspecified atom stereocenters. The maximum absolute atomic E-state index is 13.5. The van der Waals surface area contributed by atoms with Gasteiger partial charge in [0, 0.05) is 11.5 Å². The van der Waals surface area contributed by atoms with Gasteiger partial charge in [-0.05, 0) is 90.9 Å². The van der Waals surface area contributed by atoms with Crippen LogP contribution in [0.2, 0.25) is 0 Å². The first-order chi connectivity index (χ1) is 16.5. The Morgan fingerprint density at radius 2 is 1.62 bits per heavy atom. The van der Waals surface area contributed by atoms with Crippen molar-refractivity contribution in [2.45, 2.75) is 58.3 Å². The van der Waals surface area contributed by atoms with Gasteiger partial charge < -0.3 is 4.74 Å². The molecule has 2 nitrogen and oxygen atoms in total. The van der Waals surface area contributed by atoms with E-state index in [-0.39, 0.29) is 5.75 Å². The van der Waals surface area contributed by atoms with Crippen LogP contribution in [0.5, 0.6) is 5.75 Å². The van der Waals surface area contributed by atoms with Crippen LogP contribution in [-0.4, -0.2) is 5.97 Å². The molecule has 0 saturated heterocycles. The molecule has 0 spiro atoms. The van der Waals surface area contributed by atoms with Gasteiger partial charge in [0.25, 0.3) is 0 Å². The van der Waals surface area contributed by atoms with Crippen molar-refractivity contribution in [1.29, 1.82) is 0 Å². The second-order valence-corrected chi connectivity index (χ2v) is 9.22. The molecule has 34 heavy (non-hydrogen) atoms. The largest absolute Gasteiger partial charge is 0.423 e. The number of hydrogen-bond acceptors (Lipinski definition) is 2. The number of carbonyl (C=O) groups is 1. The summed E-state index contributed by atoms with van der Waals surface area (Å²) in [6.07, 6.45) is 10.3. The molecule has 3 aromatic carbocycles. The third kappa shape index (κ3) is 6.23. The molecular formula is C30H30F2O2. The SMILES string of the molecule is CCCCCC1CCC(C#Cc2ccc(C(=O)Oc3ccc4cc(F)c(F)cc4c3)cc2)CC1. The molecule has 0 amide bonds. The summed E-state index contributed by atoms with van der Waals surface area (Å²) in [4.78, 5) is 12.5. The Balaban J connectivity index is 1.32. The van der Waals surface area contributed by atoms with Gasteiger partial charge in [-0.15, -0.1) is 0 Å². The standard InChI is InChI=1S/C30H30F2O2/c1-2-3-4-5-21-6-8-22(9-7-21)10-11-23-12-14-24(15-13-23)30(33)34-27-17-16-25-19-28(31)29(32)20-26(25)18-27/h12-22H,2-9H2,1H3. The van der Waals surface area contributed by atoms with E-state index in [1.807, 2.05) is 12.1 Å². The Morgan fingerprint density at radius 3 is 2.32 bits per heavy atom. The maximum Gasteiger partial charge on any atom is 0.343 e. The van der Waals surface area contributed by atoms with Crippen LogP contribution in [0.4, 0.5) is 8.78 Å². The van der Waals surface area contributed by atoms with Crippen molar-refractivity contribution in [2.24, 2.45) is 11.8 Å². The van der Waals surface area contributed by atoms with E-state index in [9.17, 15) is 13.6 Å². The molecule has 0 N–H and O–H groups in total. The Morgan fingerprint density at radius 1 is 0.912 bits per heavy atom. The molecule has 0 atom stereocenters. The molecule has 1 saturated carbocycles. The minimum absolute atomic E-state index is 0.276. The van der Waals surface area contributed by atoms with E-state index in [1.165, 1.54) is 57.4 Å². The van der Waals surface area contributed by atoms with Crippen LogP contribution in [0.25, 0.3) is 10.8 Å². The average Bonchev–Trinajstić information content (AvgIpc) is 2.85. The highest BCUT2D eigenvalue weighted by Gasteiger charge is 2.19. The van der Waals surface area contributed by atoms with E-state index in [4.69, 9.17) is 4.74 Å². The van der Waals surface area contributed by atoms with Gasteiger partial charge in [-0.1, -0.05) is 50.5 Å². The lowest BCUT2D eigenvalue weighted by Gasteiger charge is -2.25. The predicted octanol–water partition coefficient (Wildman–Crippen LogP) is 8.08. The zero-order valence-electron chi connectivity index (χ0n) is 19.6. The topological polar surface area (TPSA) is 26.3 Å². The molecule has 176 valence electrons. The van der Waals surface area contributed by atoms with Crippen LogP contribution in [-0.2, 0) is 0 Å². The van der Waals surface area contributed by atoms with E-state index in [0.29, 0.717) is 22.3 Å². The first-order valence-electron chi connectivity index (χ1n) is 12.2. The van der Waals surface area contributed by atoms with Gasteiger partial charge >= 0.3 is 5.97 Å². The highest BCUT2D eigenvalue weighted by atomic mass is 19.2. The van der Waals surface area contributed by atoms with E-state index < -0.39 is 17.6 Å². The summed E-state index contributed by atoms with van der Waals surface area (Å²) < 4.78 is 32.3. The molecule has 3 aromatic rings. The molecule has 4 heteroatoms. The lowest BCUT2D eigenvalue weighted by molar-refractivity contribution is 0.0735. The van der Waals surface area contributed by atoms with Gasteiger partial charge in [-0.25, -0.2) is 13.6 Å². The number of halogens is 2. The van der Waals surface area contributed by atoms with Crippen LogP contribution in [0, 0.1) is 35.3 Å². The average molecular weight is 461 g/mol. The molecule has 1 aliphatic carbocycles. The number of unbranched alkanes of at least 4 members (excludes halogenated alkanes) is 2. The second-order valence-electron chi connectivity index (χ2n) is 9.22. The molecular weight excluding hydrogens is 430 g/mol. The van der Waals surface area contributed by atoms with E-state index >= 15 is 0 Å². The summed E-state index contributed by atoms with van der Waals surface area (Å²) in [7, 11) is 0. The predicted molar refractivity (Wildman–Crippen MR) is 132 cm³/mol. The third-order valence-electron chi connectivity index (χ3n) is 6.67. The minimum atomic E-state index is -0.937. The van der Waals surface area contributed by atoms with E-state index in [2.05, 4.69) is 18.8 Å². The Hall–Kier alpha value is -3.19. The van der Waals surface area contributed by atoms with Crippen molar-refractivity contribution < 1.29 is 18.3 Å². The van der Waals surface area contributed by atoms with Crippen molar-refractivity contribution in [1.82, 2.24) is 0 Å². The fourth-order valence-electron chi connectivity index (χ4n) is 4.60. The summed E-state index contributed by atoms with van der Waals surface area (Å²) >= 11 is 0. The van der Waals surface area contributed by atoms with Crippen LogP contribution in [0.1, 0.15) is 74.2 Å². The van der Waals surface area contributed by atoms with Gasteiger partial charge in [-0.2, -0.15) is 0 Å². The number of hydrogen-bond donors (Lipinski definition) is 0. The third-order valence-corrected chi connectivity index (χ3v) is 6.67. The molecule has 4 rings (SSSR count). The van der Waals surface area contributed by atoms with Crippen molar-refractivity contribution in [3.8, 4) is 17.6 Å². The first kappa shape index (κ1) is 24.0. The molecule has 1 fully saturated rings. The number of rotatable bonds is 6. The fraction of sp³-hybridized carbons (Fsp3) is 0.367. The molecule has 0 radical (unpaired) electrons. The zero-order valence-corrected chi connectivity index (χ0v) is 19.6. The Labute approximate surface area is 200 Å². The van der Waals surface area contributed by atoms with Gasteiger partial charge in [-0.3, -0.25) is 0 Å². The second kappa shape index (κ2) is 11.3. The number of ether oxygens (including phenoxy) is 1.